The van der Waals surface area contributed by atoms with Gasteiger partial charge in [-0.3, -0.25) is 0 Å². The molecule has 0 heterocycles. The molecular formula is C46H30. The summed E-state index contributed by atoms with van der Waals surface area (Å²) in [7, 11) is 0. The highest BCUT2D eigenvalue weighted by atomic mass is 14.2. The minimum atomic E-state index is 1.22. The zero-order chi connectivity index (χ0) is 30.5. The zero-order valence-electron chi connectivity index (χ0n) is 25.3. The van der Waals surface area contributed by atoms with Gasteiger partial charge in [-0.1, -0.05) is 176 Å². The molecule has 0 N–H and O–H groups in total. The van der Waals surface area contributed by atoms with Crippen LogP contribution in [-0.4, -0.2) is 0 Å². The smallest absolute Gasteiger partial charge is 0.00990 e. The fourth-order valence-electron chi connectivity index (χ4n) is 7.24. The van der Waals surface area contributed by atoms with E-state index in [1.54, 1.807) is 0 Å². The summed E-state index contributed by atoms with van der Waals surface area (Å²) in [6, 6.07) is 66.5. The Bertz CT molecular complexity index is 2550. The number of hydrogen-bond acceptors (Lipinski definition) is 0. The zero-order valence-corrected chi connectivity index (χ0v) is 25.3. The topological polar surface area (TPSA) is 0 Å². The Morgan fingerprint density at radius 1 is 0.196 bits per heavy atom. The molecule has 0 aliphatic carbocycles. The van der Waals surface area contributed by atoms with Crippen molar-refractivity contribution in [3.8, 4) is 44.5 Å². The van der Waals surface area contributed by atoms with Crippen molar-refractivity contribution < 1.29 is 0 Å². The van der Waals surface area contributed by atoms with Crippen molar-refractivity contribution in [1.82, 2.24) is 0 Å². The first kappa shape index (κ1) is 26.4. The van der Waals surface area contributed by atoms with Gasteiger partial charge in [0.05, 0.1) is 0 Å². The van der Waals surface area contributed by atoms with Crippen LogP contribution in [-0.2, 0) is 0 Å². The minimum absolute atomic E-state index is 1.22. The van der Waals surface area contributed by atoms with Crippen molar-refractivity contribution in [3.05, 3.63) is 182 Å². The second-order valence-electron chi connectivity index (χ2n) is 12.1. The molecule has 0 aliphatic heterocycles. The van der Waals surface area contributed by atoms with Crippen LogP contribution in [0.4, 0.5) is 0 Å². The van der Waals surface area contributed by atoms with Crippen LogP contribution < -0.4 is 0 Å². The van der Waals surface area contributed by atoms with Crippen LogP contribution in [0.1, 0.15) is 0 Å². The van der Waals surface area contributed by atoms with Gasteiger partial charge in [-0.15, -0.1) is 0 Å². The number of hydrogen-bond donors (Lipinski definition) is 0. The predicted octanol–water partition coefficient (Wildman–Crippen LogP) is 13.0. The van der Waals surface area contributed by atoms with Gasteiger partial charge in [0.2, 0.25) is 0 Å². The molecule has 9 rings (SSSR count). The first-order valence-corrected chi connectivity index (χ1v) is 15.9. The van der Waals surface area contributed by atoms with Crippen LogP contribution in [0.2, 0.25) is 0 Å². The summed E-state index contributed by atoms with van der Waals surface area (Å²) in [5.41, 5.74) is 9.97. The molecule has 9 aromatic carbocycles. The van der Waals surface area contributed by atoms with E-state index in [0.29, 0.717) is 0 Å². The lowest BCUT2D eigenvalue weighted by Gasteiger charge is -2.14. The van der Waals surface area contributed by atoms with Crippen LogP contribution in [0.3, 0.4) is 0 Å². The average Bonchev–Trinajstić information content (AvgIpc) is 3.14. The maximum absolute atomic E-state index is 2.34. The quantitative estimate of drug-likeness (QED) is 0.181. The fourth-order valence-corrected chi connectivity index (χ4v) is 7.24. The van der Waals surface area contributed by atoms with Crippen molar-refractivity contribution in [2.24, 2.45) is 0 Å². The molecule has 9 aromatic rings. The SMILES string of the molecule is c1ccc2c(-c3ccc(-c4cccc5c(-c6ccc(-c7cc8ccccc8c8ccccc78)cc6)cccc45)cc3)cccc2c1. The van der Waals surface area contributed by atoms with Gasteiger partial charge >= 0.3 is 0 Å². The molecule has 0 aromatic heterocycles. The third-order valence-corrected chi connectivity index (χ3v) is 9.49. The van der Waals surface area contributed by atoms with Gasteiger partial charge < -0.3 is 0 Å². The van der Waals surface area contributed by atoms with Gasteiger partial charge in [0.25, 0.3) is 0 Å². The lowest BCUT2D eigenvalue weighted by atomic mass is 9.90. The fraction of sp³-hybridized carbons (Fsp3) is 0. The van der Waals surface area contributed by atoms with E-state index in [-0.39, 0.29) is 0 Å². The molecule has 0 aliphatic rings. The summed E-state index contributed by atoms with van der Waals surface area (Å²) < 4.78 is 0. The highest BCUT2D eigenvalue weighted by Crippen LogP contribution is 2.39. The Hall–Kier alpha value is -5.98. The molecule has 0 spiro atoms. The normalized spacial score (nSPS) is 11.5. The second-order valence-corrected chi connectivity index (χ2v) is 12.1. The molecule has 46 heavy (non-hydrogen) atoms. The number of rotatable bonds is 4. The van der Waals surface area contributed by atoms with Gasteiger partial charge in [0, 0.05) is 0 Å². The molecular weight excluding hydrogens is 553 g/mol. The Kier molecular flexibility index (Phi) is 6.25. The molecule has 0 unspecified atom stereocenters. The summed E-state index contributed by atoms with van der Waals surface area (Å²) in [5, 5.41) is 10.2. The van der Waals surface area contributed by atoms with Crippen LogP contribution in [0.25, 0.3) is 87.6 Å². The predicted molar refractivity (Wildman–Crippen MR) is 198 cm³/mol. The molecule has 0 saturated heterocycles. The molecule has 0 saturated carbocycles. The molecule has 0 radical (unpaired) electrons. The minimum Gasteiger partial charge on any atom is -0.0616 e. The largest absolute Gasteiger partial charge is 0.0616 e. The average molecular weight is 583 g/mol. The maximum atomic E-state index is 2.34. The van der Waals surface area contributed by atoms with E-state index in [2.05, 4.69) is 182 Å². The van der Waals surface area contributed by atoms with E-state index < -0.39 is 0 Å². The molecule has 0 nitrogen and oxygen atoms in total. The Labute approximate surface area is 268 Å². The summed E-state index contributed by atoms with van der Waals surface area (Å²) in [5.74, 6) is 0. The highest BCUT2D eigenvalue weighted by molar-refractivity contribution is 6.14. The maximum Gasteiger partial charge on any atom is -0.00990 e. The van der Waals surface area contributed by atoms with E-state index in [9.17, 15) is 0 Å². The Balaban J connectivity index is 1.10. The van der Waals surface area contributed by atoms with Gasteiger partial charge in [-0.2, -0.15) is 0 Å². The third kappa shape index (κ3) is 4.38. The highest BCUT2D eigenvalue weighted by Gasteiger charge is 2.12. The second kappa shape index (κ2) is 10.9. The Morgan fingerprint density at radius 3 is 1.13 bits per heavy atom. The van der Waals surface area contributed by atoms with Crippen molar-refractivity contribution in [3.63, 3.8) is 0 Å². The molecule has 0 atom stereocenters. The molecule has 0 bridgehead atoms. The summed E-state index contributed by atoms with van der Waals surface area (Å²) in [6.07, 6.45) is 0. The van der Waals surface area contributed by atoms with E-state index in [1.807, 2.05) is 0 Å². The first-order valence-electron chi connectivity index (χ1n) is 15.9. The van der Waals surface area contributed by atoms with Gasteiger partial charge in [-0.25, -0.2) is 0 Å². The van der Waals surface area contributed by atoms with E-state index in [0.717, 1.165) is 0 Å². The molecule has 0 heteroatoms. The van der Waals surface area contributed by atoms with Crippen molar-refractivity contribution in [2.75, 3.05) is 0 Å². The monoisotopic (exact) mass is 582 g/mol. The standard InChI is InChI=1S/C46H30/c1-3-13-37-31(10-1)12-7-17-38(37)32-22-24-33(25-23-32)39-18-8-21-44-40(19-9-20-43(39)44)34-26-28-35(29-27-34)46-30-36-11-2-4-14-41(36)42-15-5-6-16-45(42)46/h1-30H. The van der Waals surface area contributed by atoms with E-state index in [4.69, 9.17) is 0 Å². The number of benzene rings is 9. The van der Waals surface area contributed by atoms with E-state index >= 15 is 0 Å². The van der Waals surface area contributed by atoms with Crippen LogP contribution in [0.15, 0.2) is 182 Å². The molecule has 0 fully saturated rings. The summed E-state index contributed by atoms with van der Waals surface area (Å²) in [4.78, 5) is 0. The van der Waals surface area contributed by atoms with Gasteiger partial charge in [0.15, 0.2) is 0 Å². The van der Waals surface area contributed by atoms with Crippen LogP contribution >= 0.6 is 0 Å². The molecule has 214 valence electrons. The summed E-state index contributed by atoms with van der Waals surface area (Å²) in [6.45, 7) is 0. The van der Waals surface area contributed by atoms with Crippen molar-refractivity contribution in [1.29, 1.82) is 0 Å². The Morgan fingerprint density at radius 2 is 0.543 bits per heavy atom. The van der Waals surface area contributed by atoms with Gasteiger partial charge in [0.1, 0.15) is 0 Å². The van der Waals surface area contributed by atoms with Gasteiger partial charge in [-0.05, 0) is 93.7 Å². The lowest BCUT2D eigenvalue weighted by Crippen LogP contribution is -1.87. The summed E-state index contributed by atoms with van der Waals surface area (Å²) >= 11 is 0. The van der Waals surface area contributed by atoms with E-state index in [1.165, 1.54) is 87.6 Å². The first-order chi connectivity index (χ1) is 22.8. The third-order valence-electron chi connectivity index (χ3n) is 9.49. The number of fused-ring (bicyclic) bond motifs is 5. The van der Waals surface area contributed by atoms with Crippen LogP contribution in [0, 0.1) is 0 Å². The van der Waals surface area contributed by atoms with Crippen molar-refractivity contribution in [2.45, 2.75) is 0 Å². The van der Waals surface area contributed by atoms with Crippen molar-refractivity contribution >= 4 is 43.1 Å². The molecule has 0 amide bonds. The van der Waals surface area contributed by atoms with Crippen LogP contribution in [0.5, 0.6) is 0 Å². The lowest BCUT2D eigenvalue weighted by molar-refractivity contribution is 1.61.